The van der Waals surface area contributed by atoms with Gasteiger partial charge in [0.1, 0.15) is 0 Å². The standard InChI is InChI=1S/C68H56N2/c1-65(2)51-33-21-31-47-49(39-57-63(59(47)51)61-53(65)35-45(37-55(61)67(57,5)6)69(41-23-13-9-14-24-41)42-25-15-10-16-26-42)50-40-58-64-60-48(50)32-22-34-52(60)66(3,4)54-36-46(38-56(62(54)64)68(58,7)8)70(43-27-17-11-18-28-43)44-29-19-12-20-30-44/h9-40H,1-8H3. The highest BCUT2D eigenvalue weighted by atomic mass is 15.1. The van der Waals surface area contributed by atoms with Crippen LogP contribution < -0.4 is 9.80 Å². The molecule has 338 valence electrons. The predicted molar refractivity (Wildman–Crippen MR) is 296 cm³/mol. The molecule has 4 aliphatic rings. The van der Waals surface area contributed by atoms with E-state index in [0.717, 1.165) is 22.7 Å². The van der Waals surface area contributed by atoms with E-state index >= 15 is 0 Å². The Kier molecular flexibility index (Phi) is 8.25. The summed E-state index contributed by atoms with van der Waals surface area (Å²) in [4.78, 5) is 4.89. The van der Waals surface area contributed by atoms with Gasteiger partial charge in [-0.15, -0.1) is 0 Å². The molecular weight excluding hydrogens is 845 g/mol. The number of benzene rings is 10. The summed E-state index contributed by atoms with van der Waals surface area (Å²) in [6.07, 6.45) is 0. The molecule has 2 heteroatoms. The lowest BCUT2D eigenvalue weighted by molar-refractivity contribution is 0.639. The van der Waals surface area contributed by atoms with Gasteiger partial charge in [0, 0.05) is 55.8 Å². The molecule has 0 atom stereocenters. The highest BCUT2D eigenvalue weighted by Crippen LogP contribution is 2.65. The van der Waals surface area contributed by atoms with Gasteiger partial charge >= 0.3 is 0 Å². The SMILES string of the molecule is CC1(C)c2cc(N(c3ccccc3)c3ccccc3)cc3c2-c2c1cc(-c1cc4c5c6c(cccc16)C(C)(C)c1cc(N(c6ccccc6)c6ccccc6)cc(c1-5)C4(C)C)c1cccc(c21)C3(C)C. The highest BCUT2D eigenvalue weighted by Gasteiger charge is 2.48. The molecule has 0 fully saturated rings. The van der Waals surface area contributed by atoms with Gasteiger partial charge in [-0.05, 0) is 184 Å². The topological polar surface area (TPSA) is 6.48 Å². The van der Waals surface area contributed by atoms with Crippen LogP contribution in [0.5, 0.6) is 0 Å². The average molecular weight is 901 g/mol. The van der Waals surface area contributed by atoms with Crippen molar-refractivity contribution in [3.05, 3.63) is 239 Å². The fourth-order valence-electron chi connectivity index (χ4n) is 13.7. The zero-order chi connectivity index (χ0) is 47.6. The summed E-state index contributed by atoms with van der Waals surface area (Å²) in [5.41, 5.74) is 25.7. The third-order valence-electron chi connectivity index (χ3n) is 17.3. The molecule has 10 aromatic rings. The van der Waals surface area contributed by atoms with Crippen molar-refractivity contribution < 1.29 is 0 Å². The Morgan fingerprint density at radius 1 is 0.243 bits per heavy atom. The van der Waals surface area contributed by atoms with Crippen LogP contribution in [-0.4, -0.2) is 0 Å². The van der Waals surface area contributed by atoms with Crippen LogP contribution in [0.4, 0.5) is 34.1 Å². The number of hydrogen-bond acceptors (Lipinski definition) is 2. The molecule has 0 heterocycles. The number of anilines is 6. The number of para-hydroxylation sites is 4. The van der Waals surface area contributed by atoms with Crippen LogP contribution in [0.2, 0.25) is 0 Å². The first kappa shape index (κ1) is 41.3. The minimum Gasteiger partial charge on any atom is -0.310 e. The second-order valence-electron chi connectivity index (χ2n) is 22.5. The van der Waals surface area contributed by atoms with Crippen molar-refractivity contribution in [1.29, 1.82) is 0 Å². The van der Waals surface area contributed by atoms with Crippen molar-refractivity contribution in [1.82, 2.24) is 0 Å². The Morgan fingerprint density at radius 2 is 0.514 bits per heavy atom. The van der Waals surface area contributed by atoms with Crippen molar-refractivity contribution >= 4 is 55.7 Å². The van der Waals surface area contributed by atoms with E-state index in [1.807, 2.05) is 0 Å². The van der Waals surface area contributed by atoms with E-state index < -0.39 is 0 Å². The summed E-state index contributed by atoms with van der Waals surface area (Å²) in [6.45, 7) is 19.8. The molecule has 0 unspecified atom stereocenters. The van der Waals surface area contributed by atoms with Gasteiger partial charge in [-0.2, -0.15) is 0 Å². The minimum atomic E-state index is -0.264. The second kappa shape index (κ2) is 14.0. The van der Waals surface area contributed by atoms with Crippen LogP contribution in [0.1, 0.15) is 99.9 Å². The second-order valence-corrected chi connectivity index (χ2v) is 22.5. The largest absolute Gasteiger partial charge is 0.310 e. The van der Waals surface area contributed by atoms with Crippen LogP contribution in [0, 0.1) is 0 Å². The molecule has 0 saturated heterocycles. The number of rotatable bonds is 7. The molecule has 14 rings (SSSR count). The fourth-order valence-corrected chi connectivity index (χ4v) is 13.7. The molecule has 0 saturated carbocycles. The van der Waals surface area contributed by atoms with Gasteiger partial charge in [0.15, 0.2) is 0 Å². The highest BCUT2D eigenvalue weighted by molar-refractivity contribution is 6.19. The van der Waals surface area contributed by atoms with Crippen LogP contribution in [-0.2, 0) is 21.7 Å². The van der Waals surface area contributed by atoms with E-state index in [9.17, 15) is 0 Å². The molecule has 0 amide bonds. The summed E-state index contributed by atoms with van der Waals surface area (Å²) in [7, 11) is 0. The van der Waals surface area contributed by atoms with Gasteiger partial charge in [-0.25, -0.2) is 0 Å². The Balaban J connectivity index is 1.02. The summed E-state index contributed by atoms with van der Waals surface area (Å²) in [5, 5.41) is 5.53. The zero-order valence-corrected chi connectivity index (χ0v) is 41.4. The Hall–Kier alpha value is -7.68. The Morgan fingerprint density at radius 3 is 0.814 bits per heavy atom. The molecule has 0 spiro atoms. The van der Waals surface area contributed by atoms with Crippen LogP contribution in [0.3, 0.4) is 0 Å². The molecule has 0 radical (unpaired) electrons. The maximum absolute atomic E-state index is 2.62. The molecule has 10 aromatic carbocycles. The number of nitrogens with zero attached hydrogens (tertiary/aromatic N) is 2. The quantitative estimate of drug-likeness (QED) is 0.157. The summed E-state index contributed by atoms with van der Waals surface area (Å²) in [6, 6.07) is 73.2. The van der Waals surface area contributed by atoms with Gasteiger partial charge in [0.25, 0.3) is 0 Å². The van der Waals surface area contributed by atoms with E-state index in [1.165, 1.54) is 111 Å². The molecule has 0 bridgehead atoms. The predicted octanol–water partition coefficient (Wildman–Crippen LogP) is 18.5. The van der Waals surface area contributed by atoms with Gasteiger partial charge in [0.2, 0.25) is 0 Å². The van der Waals surface area contributed by atoms with Crippen molar-refractivity contribution in [2.75, 3.05) is 9.80 Å². The van der Waals surface area contributed by atoms with Crippen LogP contribution in [0.15, 0.2) is 194 Å². The molecule has 4 aliphatic carbocycles. The third kappa shape index (κ3) is 5.29. The van der Waals surface area contributed by atoms with E-state index in [4.69, 9.17) is 0 Å². The van der Waals surface area contributed by atoms with Gasteiger partial charge in [-0.3, -0.25) is 0 Å². The van der Waals surface area contributed by atoms with Gasteiger partial charge < -0.3 is 9.80 Å². The molecule has 2 nitrogen and oxygen atoms in total. The van der Waals surface area contributed by atoms with Crippen molar-refractivity contribution in [2.24, 2.45) is 0 Å². The lowest BCUT2D eigenvalue weighted by Crippen LogP contribution is -2.25. The third-order valence-corrected chi connectivity index (χ3v) is 17.3. The van der Waals surface area contributed by atoms with E-state index in [1.54, 1.807) is 0 Å². The number of hydrogen-bond donors (Lipinski definition) is 0. The average Bonchev–Trinajstić information content (AvgIpc) is 3.76. The van der Waals surface area contributed by atoms with E-state index in [2.05, 4.69) is 259 Å². The maximum atomic E-state index is 2.62. The monoisotopic (exact) mass is 900 g/mol. The Labute approximate surface area is 412 Å². The lowest BCUT2D eigenvalue weighted by Gasteiger charge is -2.37. The van der Waals surface area contributed by atoms with Crippen molar-refractivity contribution in [2.45, 2.75) is 77.0 Å². The zero-order valence-electron chi connectivity index (χ0n) is 41.4. The maximum Gasteiger partial charge on any atom is 0.0468 e. The fraction of sp³-hybridized carbons (Fsp3) is 0.176. The lowest BCUT2D eigenvalue weighted by atomic mass is 9.67. The molecule has 70 heavy (non-hydrogen) atoms. The van der Waals surface area contributed by atoms with Crippen molar-refractivity contribution in [3.8, 4) is 33.4 Å². The first-order chi connectivity index (χ1) is 33.8. The molecule has 0 aliphatic heterocycles. The van der Waals surface area contributed by atoms with Crippen molar-refractivity contribution in [3.63, 3.8) is 0 Å². The van der Waals surface area contributed by atoms with Gasteiger partial charge in [0.05, 0.1) is 0 Å². The van der Waals surface area contributed by atoms with E-state index in [0.29, 0.717) is 0 Å². The van der Waals surface area contributed by atoms with Crippen LogP contribution in [0.25, 0.3) is 54.9 Å². The first-order valence-electron chi connectivity index (χ1n) is 25.2. The van der Waals surface area contributed by atoms with Crippen LogP contribution >= 0.6 is 0 Å². The van der Waals surface area contributed by atoms with E-state index in [-0.39, 0.29) is 21.7 Å². The Bertz CT molecular complexity index is 3520. The van der Waals surface area contributed by atoms with Gasteiger partial charge in [-0.1, -0.05) is 165 Å². The first-order valence-corrected chi connectivity index (χ1v) is 25.2. The normalized spacial score (nSPS) is 16.2. The minimum absolute atomic E-state index is 0.259. The molecular formula is C68H56N2. The molecule has 0 aromatic heterocycles. The summed E-state index contributed by atoms with van der Waals surface area (Å²) >= 11 is 0. The summed E-state index contributed by atoms with van der Waals surface area (Å²) < 4.78 is 0. The summed E-state index contributed by atoms with van der Waals surface area (Å²) in [5.74, 6) is 0. The molecule has 0 N–H and O–H groups in total. The smallest absolute Gasteiger partial charge is 0.0468 e.